The maximum absolute atomic E-state index is 13.5. The largest absolute Gasteiger partial charge is 0.492 e. The Balaban J connectivity index is 1.24. The number of rotatable bonds is 4. The molecule has 172 valence electrons. The lowest BCUT2D eigenvalue weighted by molar-refractivity contribution is -0.131. The van der Waals surface area contributed by atoms with Crippen molar-refractivity contribution in [1.29, 1.82) is 0 Å². The summed E-state index contributed by atoms with van der Waals surface area (Å²) in [7, 11) is 1.70. The lowest BCUT2D eigenvalue weighted by atomic mass is 9.58. The molecule has 2 heterocycles. The summed E-state index contributed by atoms with van der Waals surface area (Å²) >= 11 is 0. The number of fused-ring (bicyclic) bond motifs is 3. The van der Waals surface area contributed by atoms with Gasteiger partial charge in [0.1, 0.15) is 18.1 Å². The first-order chi connectivity index (χ1) is 15.9. The number of nitrogens with zero attached hydrogens (tertiary/aromatic N) is 3. The zero-order valence-electron chi connectivity index (χ0n) is 19.6. The van der Waals surface area contributed by atoms with E-state index in [1.54, 1.807) is 13.1 Å². The Hall–Kier alpha value is -2.99. The van der Waals surface area contributed by atoms with Crippen LogP contribution in [0.15, 0.2) is 53.6 Å². The van der Waals surface area contributed by atoms with E-state index in [1.165, 1.54) is 22.0 Å². The summed E-state index contributed by atoms with van der Waals surface area (Å²) in [5.41, 5.74) is 2.85. The van der Waals surface area contributed by atoms with Crippen LogP contribution in [-0.4, -0.2) is 46.5 Å². The van der Waals surface area contributed by atoms with Gasteiger partial charge in [-0.1, -0.05) is 38.1 Å². The lowest BCUT2D eigenvalue weighted by Crippen LogP contribution is -2.52. The summed E-state index contributed by atoms with van der Waals surface area (Å²) in [5, 5.41) is 0.565. The van der Waals surface area contributed by atoms with Crippen molar-refractivity contribution in [3.8, 4) is 5.75 Å². The fourth-order valence-corrected chi connectivity index (χ4v) is 5.64. The van der Waals surface area contributed by atoms with Crippen LogP contribution in [0.5, 0.6) is 5.75 Å². The first-order valence-corrected chi connectivity index (χ1v) is 11.8. The van der Waals surface area contributed by atoms with Crippen LogP contribution in [-0.2, 0) is 17.3 Å². The van der Waals surface area contributed by atoms with Gasteiger partial charge in [0, 0.05) is 19.5 Å². The van der Waals surface area contributed by atoms with Crippen molar-refractivity contribution in [3.05, 3.63) is 70.3 Å². The van der Waals surface area contributed by atoms with Crippen molar-refractivity contribution in [1.82, 2.24) is 14.5 Å². The molecular formula is C27H31N3O3. The van der Waals surface area contributed by atoms with Gasteiger partial charge in [0.2, 0.25) is 0 Å². The van der Waals surface area contributed by atoms with E-state index in [1.807, 2.05) is 12.1 Å². The van der Waals surface area contributed by atoms with E-state index in [-0.39, 0.29) is 22.8 Å². The zero-order chi connectivity index (χ0) is 23.2. The van der Waals surface area contributed by atoms with Gasteiger partial charge in [0.25, 0.3) is 5.56 Å². The van der Waals surface area contributed by atoms with Crippen LogP contribution < -0.4 is 10.3 Å². The molecule has 0 radical (unpaired) electrons. The molecule has 2 aromatic carbocycles. The predicted molar refractivity (Wildman–Crippen MR) is 129 cm³/mol. The van der Waals surface area contributed by atoms with Crippen LogP contribution in [0.1, 0.15) is 43.7 Å². The van der Waals surface area contributed by atoms with E-state index >= 15 is 0 Å². The van der Waals surface area contributed by atoms with Crippen molar-refractivity contribution in [2.45, 2.75) is 38.0 Å². The summed E-state index contributed by atoms with van der Waals surface area (Å²) in [6.45, 7) is 7.37. The molecule has 1 fully saturated rings. The number of carbonyl (C=O) groups excluding carboxylic acids is 1. The Morgan fingerprint density at radius 3 is 2.61 bits per heavy atom. The van der Waals surface area contributed by atoms with E-state index in [0.717, 1.165) is 32.5 Å². The highest BCUT2D eigenvalue weighted by atomic mass is 16.5. The SMILES string of the molecule is CC1C(=O)C2(CCN(CCOc3ccc4ncn(C)c(=O)c4c3)CC2)c2ccccc2C1C. The second-order valence-corrected chi connectivity index (χ2v) is 9.64. The molecule has 5 rings (SSSR count). The van der Waals surface area contributed by atoms with Gasteiger partial charge in [-0.25, -0.2) is 4.98 Å². The second kappa shape index (κ2) is 8.41. The number of aromatic nitrogens is 2. The molecule has 6 heteroatoms. The average Bonchev–Trinajstić information content (AvgIpc) is 2.85. The number of ether oxygens (including phenoxy) is 1. The molecule has 1 saturated heterocycles. The van der Waals surface area contributed by atoms with E-state index in [4.69, 9.17) is 4.74 Å². The van der Waals surface area contributed by atoms with Crippen molar-refractivity contribution in [2.75, 3.05) is 26.2 Å². The van der Waals surface area contributed by atoms with Crippen molar-refractivity contribution in [2.24, 2.45) is 13.0 Å². The van der Waals surface area contributed by atoms with Crippen LogP contribution in [0.4, 0.5) is 0 Å². The minimum absolute atomic E-state index is 0.0601. The topological polar surface area (TPSA) is 64.4 Å². The molecule has 3 aromatic rings. The Morgan fingerprint density at radius 1 is 1.06 bits per heavy atom. The number of likely N-dealkylation sites (tertiary alicyclic amines) is 1. The van der Waals surface area contributed by atoms with Crippen molar-refractivity contribution >= 4 is 16.7 Å². The molecule has 1 aliphatic carbocycles. The van der Waals surface area contributed by atoms with Crippen molar-refractivity contribution < 1.29 is 9.53 Å². The molecule has 0 saturated carbocycles. The molecular weight excluding hydrogens is 414 g/mol. The third kappa shape index (κ3) is 3.66. The zero-order valence-corrected chi connectivity index (χ0v) is 19.6. The second-order valence-electron chi connectivity index (χ2n) is 9.64. The normalized spacial score (nSPS) is 22.5. The number of aryl methyl sites for hydroxylation is 1. The van der Waals surface area contributed by atoms with E-state index in [9.17, 15) is 9.59 Å². The number of carbonyl (C=O) groups is 1. The highest BCUT2D eigenvalue weighted by molar-refractivity contribution is 5.95. The minimum Gasteiger partial charge on any atom is -0.492 e. The molecule has 1 aromatic heterocycles. The monoisotopic (exact) mass is 445 g/mol. The summed E-state index contributed by atoms with van der Waals surface area (Å²) in [5.74, 6) is 1.43. The van der Waals surface area contributed by atoms with Gasteiger partial charge < -0.3 is 9.30 Å². The van der Waals surface area contributed by atoms with Crippen LogP contribution in [0, 0.1) is 5.92 Å². The fraction of sp³-hybridized carbons (Fsp3) is 0.444. The molecule has 0 bridgehead atoms. The number of benzene rings is 2. The average molecular weight is 446 g/mol. The third-order valence-corrected chi connectivity index (χ3v) is 7.88. The molecule has 33 heavy (non-hydrogen) atoms. The molecule has 0 amide bonds. The Kier molecular flexibility index (Phi) is 5.57. The minimum atomic E-state index is -0.342. The third-order valence-electron chi connectivity index (χ3n) is 7.88. The van der Waals surface area contributed by atoms with Gasteiger partial charge in [0.15, 0.2) is 0 Å². The highest BCUT2D eigenvalue weighted by Gasteiger charge is 2.50. The summed E-state index contributed by atoms with van der Waals surface area (Å²) in [6.07, 6.45) is 3.25. The standard InChI is InChI=1S/C27H31N3O3/c1-18-19(2)25(31)27(23-7-5-4-6-21(18)23)10-12-30(13-11-27)14-15-33-20-8-9-24-22(16-20)26(32)29(3)17-28-24/h4-9,16-19H,10-15H2,1-3H3. The van der Waals surface area contributed by atoms with Crippen LogP contribution in [0.2, 0.25) is 0 Å². The van der Waals surface area contributed by atoms with E-state index in [0.29, 0.717) is 29.0 Å². The van der Waals surface area contributed by atoms with E-state index < -0.39 is 0 Å². The van der Waals surface area contributed by atoms with Crippen LogP contribution >= 0.6 is 0 Å². The predicted octanol–water partition coefficient (Wildman–Crippen LogP) is 3.67. The summed E-state index contributed by atoms with van der Waals surface area (Å²) in [6, 6.07) is 14.0. The molecule has 2 aliphatic rings. The summed E-state index contributed by atoms with van der Waals surface area (Å²) < 4.78 is 7.45. The lowest BCUT2D eigenvalue weighted by Gasteiger charge is -2.47. The Labute approximate surface area is 194 Å². The number of Topliss-reactive ketones (excluding diaryl/α,β-unsaturated/α-hetero) is 1. The summed E-state index contributed by atoms with van der Waals surface area (Å²) in [4.78, 5) is 32.5. The first-order valence-electron chi connectivity index (χ1n) is 11.8. The number of hydrogen-bond acceptors (Lipinski definition) is 5. The van der Waals surface area contributed by atoms with Crippen LogP contribution in [0.3, 0.4) is 0 Å². The molecule has 0 N–H and O–H groups in total. The maximum atomic E-state index is 13.5. The number of ketones is 1. The maximum Gasteiger partial charge on any atom is 0.261 e. The van der Waals surface area contributed by atoms with Crippen LogP contribution in [0.25, 0.3) is 10.9 Å². The number of hydrogen-bond donors (Lipinski definition) is 0. The van der Waals surface area contributed by atoms with Gasteiger partial charge in [0.05, 0.1) is 22.6 Å². The van der Waals surface area contributed by atoms with Gasteiger partial charge >= 0.3 is 0 Å². The van der Waals surface area contributed by atoms with Gasteiger partial charge in [-0.2, -0.15) is 0 Å². The first kappa shape index (κ1) is 21.8. The van der Waals surface area contributed by atoms with Gasteiger partial charge in [-0.15, -0.1) is 0 Å². The highest BCUT2D eigenvalue weighted by Crippen LogP contribution is 2.48. The Bertz CT molecular complexity index is 1260. The number of piperidine rings is 1. The Morgan fingerprint density at radius 2 is 1.82 bits per heavy atom. The quantitative estimate of drug-likeness (QED) is 0.613. The molecule has 2 atom stereocenters. The van der Waals surface area contributed by atoms with E-state index in [2.05, 4.69) is 48.0 Å². The molecule has 1 aliphatic heterocycles. The van der Waals surface area contributed by atoms with Gasteiger partial charge in [-0.05, 0) is 61.2 Å². The molecule has 1 spiro atoms. The molecule has 6 nitrogen and oxygen atoms in total. The van der Waals surface area contributed by atoms with Gasteiger partial charge in [-0.3, -0.25) is 14.5 Å². The van der Waals surface area contributed by atoms with Crippen molar-refractivity contribution in [3.63, 3.8) is 0 Å². The fourth-order valence-electron chi connectivity index (χ4n) is 5.64. The molecule has 2 unspecified atom stereocenters. The smallest absolute Gasteiger partial charge is 0.261 e.